The van der Waals surface area contributed by atoms with Gasteiger partial charge in [0.1, 0.15) is 0 Å². The van der Waals surface area contributed by atoms with Gasteiger partial charge < -0.3 is 9.84 Å². The number of hydrogen-bond acceptors (Lipinski definition) is 5. The predicted octanol–water partition coefficient (Wildman–Crippen LogP) is 3.76. The zero-order chi connectivity index (χ0) is 22.5. The lowest BCUT2D eigenvalue weighted by atomic mass is 9.80. The molecular formula is C27H30N4O2. The molecule has 1 amide bonds. The maximum atomic E-state index is 13.4. The van der Waals surface area contributed by atoms with Crippen molar-refractivity contribution in [3.05, 3.63) is 83.5 Å². The average Bonchev–Trinajstić information content (AvgIpc) is 3.26. The van der Waals surface area contributed by atoms with E-state index in [-0.39, 0.29) is 22.8 Å². The van der Waals surface area contributed by atoms with Crippen LogP contribution in [-0.2, 0) is 22.2 Å². The van der Waals surface area contributed by atoms with E-state index in [0.29, 0.717) is 11.7 Å². The third kappa shape index (κ3) is 3.57. The third-order valence-corrected chi connectivity index (χ3v) is 7.99. The van der Waals surface area contributed by atoms with Crippen LogP contribution in [0.4, 0.5) is 0 Å². The van der Waals surface area contributed by atoms with E-state index in [4.69, 9.17) is 4.52 Å². The molecule has 2 heterocycles. The summed E-state index contributed by atoms with van der Waals surface area (Å²) < 4.78 is 5.75. The number of hydrogen-bond donors (Lipinski definition) is 1. The largest absolute Gasteiger partial charge is 0.353 e. The van der Waals surface area contributed by atoms with E-state index >= 15 is 0 Å². The Morgan fingerprint density at radius 3 is 2.52 bits per heavy atom. The minimum Gasteiger partial charge on any atom is -0.353 e. The van der Waals surface area contributed by atoms with E-state index in [1.807, 2.05) is 25.1 Å². The Balaban J connectivity index is 1.21. The predicted molar refractivity (Wildman–Crippen MR) is 124 cm³/mol. The van der Waals surface area contributed by atoms with Crippen molar-refractivity contribution in [2.45, 2.75) is 56.0 Å². The van der Waals surface area contributed by atoms with Crippen molar-refractivity contribution in [1.29, 1.82) is 0 Å². The fourth-order valence-corrected chi connectivity index (χ4v) is 6.23. The maximum Gasteiger partial charge on any atom is 0.234 e. The first-order valence-corrected chi connectivity index (χ1v) is 12.0. The quantitative estimate of drug-likeness (QED) is 0.629. The van der Waals surface area contributed by atoms with Crippen molar-refractivity contribution >= 4 is 5.91 Å². The molecule has 6 rings (SSSR count). The second kappa shape index (κ2) is 7.80. The Kier molecular flexibility index (Phi) is 4.87. The molecule has 0 bridgehead atoms. The van der Waals surface area contributed by atoms with Gasteiger partial charge in [0.15, 0.2) is 5.82 Å². The van der Waals surface area contributed by atoms with Crippen LogP contribution >= 0.6 is 0 Å². The smallest absolute Gasteiger partial charge is 0.234 e. The van der Waals surface area contributed by atoms with Gasteiger partial charge in [-0.1, -0.05) is 65.8 Å². The van der Waals surface area contributed by atoms with E-state index in [1.165, 1.54) is 5.56 Å². The highest BCUT2D eigenvalue weighted by atomic mass is 16.5. The normalized spacial score (nSPS) is 27.9. The summed E-state index contributed by atoms with van der Waals surface area (Å²) in [7, 11) is 0. The van der Waals surface area contributed by atoms with E-state index in [9.17, 15) is 4.79 Å². The molecule has 3 atom stereocenters. The molecule has 0 radical (unpaired) electrons. The van der Waals surface area contributed by atoms with Gasteiger partial charge in [-0.25, -0.2) is 0 Å². The lowest BCUT2D eigenvalue weighted by Gasteiger charge is -2.26. The Bertz CT molecular complexity index is 1140. The zero-order valence-electron chi connectivity index (χ0n) is 19.0. The molecule has 170 valence electrons. The van der Waals surface area contributed by atoms with Crippen LogP contribution in [0, 0.1) is 12.8 Å². The summed E-state index contributed by atoms with van der Waals surface area (Å²) in [6.07, 6.45) is 3.65. The number of carbonyl (C=O) groups excluding carboxylic acids is 1. The highest BCUT2D eigenvalue weighted by Crippen LogP contribution is 2.52. The second-order valence-electron chi connectivity index (χ2n) is 10.2. The van der Waals surface area contributed by atoms with Crippen molar-refractivity contribution < 1.29 is 9.32 Å². The molecule has 2 saturated carbocycles. The van der Waals surface area contributed by atoms with Crippen LogP contribution in [0.25, 0.3) is 0 Å². The van der Waals surface area contributed by atoms with E-state index in [2.05, 4.69) is 62.8 Å². The standard InChI is InChI=1S/C27H30N4O2/c1-19-28-25(33-30-19)27-15-23(29-24(32)26(12-13-26)21-10-6-3-7-11-21)14-22(27)17-31(18-27)16-20-8-4-2-5-9-20/h2-11,22-23H,12-18H2,1H3,(H,29,32)/t22-,23+,27-/m0/s1. The van der Waals surface area contributed by atoms with Crippen molar-refractivity contribution in [1.82, 2.24) is 20.4 Å². The number of amides is 1. The van der Waals surface area contributed by atoms with Crippen LogP contribution in [0.3, 0.4) is 0 Å². The Labute approximate surface area is 194 Å². The summed E-state index contributed by atoms with van der Waals surface area (Å²) in [6, 6.07) is 21.0. The molecule has 1 aliphatic heterocycles. The van der Waals surface area contributed by atoms with Gasteiger partial charge in [0.25, 0.3) is 0 Å². The average molecular weight is 443 g/mol. The fourth-order valence-electron chi connectivity index (χ4n) is 6.23. The molecule has 3 aliphatic rings. The summed E-state index contributed by atoms with van der Waals surface area (Å²) >= 11 is 0. The lowest BCUT2D eigenvalue weighted by molar-refractivity contribution is -0.124. The molecule has 3 fully saturated rings. The number of benzene rings is 2. The van der Waals surface area contributed by atoms with E-state index < -0.39 is 0 Å². The summed E-state index contributed by atoms with van der Waals surface area (Å²) in [5.74, 6) is 1.98. The minimum atomic E-state index is -0.341. The second-order valence-corrected chi connectivity index (χ2v) is 10.2. The summed E-state index contributed by atoms with van der Waals surface area (Å²) in [4.78, 5) is 20.6. The third-order valence-electron chi connectivity index (χ3n) is 7.99. The Morgan fingerprint density at radius 2 is 1.85 bits per heavy atom. The summed E-state index contributed by atoms with van der Waals surface area (Å²) in [6.45, 7) is 4.65. The number of likely N-dealkylation sites (tertiary alicyclic amines) is 1. The summed E-state index contributed by atoms with van der Waals surface area (Å²) in [5.41, 5.74) is 1.92. The molecule has 3 aromatic rings. The van der Waals surface area contributed by atoms with E-state index in [1.54, 1.807) is 0 Å². The molecule has 6 nitrogen and oxygen atoms in total. The van der Waals surface area contributed by atoms with Gasteiger partial charge in [-0.3, -0.25) is 9.69 Å². The molecule has 2 aliphatic carbocycles. The highest BCUT2D eigenvalue weighted by Gasteiger charge is 2.58. The molecule has 6 heteroatoms. The van der Waals surface area contributed by atoms with Crippen molar-refractivity contribution in [3.8, 4) is 0 Å². The highest BCUT2D eigenvalue weighted by molar-refractivity contribution is 5.91. The molecule has 1 N–H and O–H groups in total. The fraction of sp³-hybridized carbons (Fsp3) is 0.444. The number of rotatable bonds is 6. The maximum absolute atomic E-state index is 13.4. The molecule has 0 spiro atoms. The zero-order valence-corrected chi connectivity index (χ0v) is 19.0. The first kappa shape index (κ1) is 20.6. The van der Waals surface area contributed by atoms with Crippen molar-refractivity contribution in [3.63, 3.8) is 0 Å². The van der Waals surface area contributed by atoms with Crippen LogP contribution in [0.15, 0.2) is 65.2 Å². The van der Waals surface area contributed by atoms with Crippen molar-refractivity contribution in [2.24, 2.45) is 5.92 Å². The molecule has 0 unspecified atom stereocenters. The van der Waals surface area contributed by atoms with Gasteiger partial charge in [0, 0.05) is 25.7 Å². The van der Waals surface area contributed by atoms with Gasteiger partial charge in [0.2, 0.25) is 11.8 Å². The molecule has 2 aromatic carbocycles. The van der Waals surface area contributed by atoms with Gasteiger partial charge in [-0.15, -0.1) is 0 Å². The number of aromatic nitrogens is 2. The number of nitrogens with one attached hydrogen (secondary N) is 1. The van der Waals surface area contributed by atoms with Crippen LogP contribution < -0.4 is 5.32 Å². The van der Waals surface area contributed by atoms with Crippen LogP contribution in [0.1, 0.15) is 48.5 Å². The number of nitrogens with zero attached hydrogens (tertiary/aromatic N) is 3. The van der Waals surface area contributed by atoms with Crippen LogP contribution in [0.2, 0.25) is 0 Å². The minimum absolute atomic E-state index is 0.134. The van der Waals surface area contributed by atoms with Crippen LogP contribution in [0.5, 0.6) is 0 Å². The Morgan fingerprint density at radius 1 is 1.12 bits per heavy atom. The first-order chi connectivity index (χ1) is 16.1. The number of carbonyl (C=O) groups is 1. The van der Waals surface area contributed by atoms with E-state index in [0.717, 1.165) is 56.8 Å². The number of fused-ring (bicyclic) bond motifs is 1. The van der Waals surface area contributed by atoms with Crippen LogP contribution in [-0.4, -0.2) is 40.1 Å². The molecule has 33 heavy (non-hydrogen) atoms. The topological polar surface area (TPSA) is 71.3 Å². The molecule has 1 saturated heterocycles. The first-order valence-electron chi connectivity index (χ1n) is 12.0. The lowest BCUT2D eigenvalue weighted by Crippen LogP contribution is -2.42. The molecular weight excluding hydrogens is 412 g/mol. The van der Waals surface area contributed by atoms with Crippen molar-refractivity contribution in [2.75, 3.05) is 13.1 Å². The van der Waals surface area contributed by atoms with Gasteiger partial charge >= 0.3 is 0 Å². The SMILES string of the molecule is Cc1noc([C@]23C[C@H](NC(=O)C4(c5ccccc5)CC4)C[C@H]2CN(Cc2ccccc2)C3)n1. The molecule has 1 aromatic heterocycles. The summed E-state index contributed by atoms with van der Waals surface area (Å²) in [5, 5.41) is 7.54. The Hall–Kier alpha value is -2.99. The monoisotopic (exact) mass is 442 g/mol. The number of aryl methyl sites for hydroxylation is 1. The van der Waals surface area contributed by atoms with Gasteiger partial charge in [-0.2, -0.15) is 4.98 Å². The van der Waals surface area contributed by atoms with Gasteiger partial charge in [0.05, 0.1) is 10.8 Å². The van der Waals surface area contributed by atoms with Gasteiger partial charge in [-0.05, 0) is 49.7 Å².